The van der Waals surface area contributed by atoms with E-state index in [1.807, 2.05) is 65.6 Å². The monoisotopic (exact) mass is 471 g/mol. The van der Waals surface area contributed by atoms with Crippen LogP contribution >= 0.6 is 12.2 Å². The minimum atomic E-state index is -0.986. The third-order valence-electron chi connectivity index (χ3n) is 5.76. The van der Waals surface area contributed by atoms with E-state index in [1.165, 1.54) is 0 Å². The van der Waals surface area contributed by atoms with Gasteiger partial charge in [0.15, 0.2) is 5.11 Å². The van der Waals surface area contributed by atoms with Gasteiger partial charge in [0.05, 0.1) is 24.4 Å². The van der Waals surface area contributed by atoms with Crippen LogP contribution in [-0.4, -0.2) is 28.3 Å². The third kappa shape index (κ3) is 3.99. The Kier molecular flexibility index (Phi) is 5.73. The van der Waals surface area contributed by atoms with Gasteiger partial charge in [-0.25, -0.2) is 4.79 Å². The molecule has 170 valence electrons. The summed E-state index contributed by atoms with van der Waals surface area (Å²) in [6.07, 6.45) is 1.75. The lowest BCUT2D eigenvalue weighted by Crippen LogP contribution is -2.29. The SMILES string of the molecule is COc1ccc(N2C(=S)N[C@H](c3ccccn3)[C@@H]2c2ccc(-c3cccc(C(=O)O)c3)o2)cc1. The number of carboxylic acids is 1. The fourth-order valence-electron chi connectivity index (χ4n) is 4.14. The van der Waals surface area contributed by atoms with E-state index in [2.05, 4.69) is 10.3 Å². The number of thiocarbonyl (C=S) groups is 1. The molecular formula is C26H21N3O4S. The summed E-state index contributed by atoms with van der Waals surface area (Å²) in [5.74, 6) is 1.01. The molecule has 2 aromatic carbocycles. The molecule has 0 bridgehead atoms. The van der Waals surface area contributed by atoms with E-state index in [9.17, 15) is 9.90 Å². The molecule has 7 nitrogen and oxygen atoms in total. The number of rotatable bonds is 6. The summed E-state index contributed by atoms with van der Waals surface area (Å²) in [7, 11) is 1.63. The largest absolute Gasteiger partial charge is 0.497 e. The molecule has 3 heterocycles. The van der Waals surface area contributed by atoms with Gasteiger partial charge in [-0.3, -0.25) is 4.98 Å². The summed E-state index contributed by atoms with van der Waals surface area (Å²) in [6.45, 7) is 0. The smallest absolute Gasteiger partial charge is 0.335 e. The maximum absolute atomic E-state index is 11.4. The molecule has 2 N–H and O–H groups in total. The summed E-state index contributed by atoms with van der Waals surface area (Å²) >= 11 is 5.73. The van der Waals surface area contributed by atoms with Gasteiger partial charge in [0, 0.05) is 17.4 Å². The number of furan rings is 1. The molecule has 0 amide bonds. The van der Waals surface area contributed by atoms with E-state index in [-0.39, 0.29) is 17.6 Å². The molecule has 0 spiro atoms. The van der Waals surface area contributed by atoms with Crippen molar-refractivity contribution in [1.82, 2.24) is 10.3 Å². The topological polar surface area (TPSA) is 87.8 Å². The minimum absolute atomic E-state index is 0.199. The molecule has 5 rings (SSSR count). The van der Waals surface area contributed by atoms with E-state index in [0.717, 1.165) is 17.1 Å². The van der Waals surface area contributed by atoms with E-state index >= 15 is 0 Å². The van der Waals surface area contributed by atoms with Crippen molar-refractivity contribution < 1.29 is 19.1 Å². The van der Waals surface area contributed by atoms with Crippen LogP contribution in [0.25, 0.3) is 11.3 Å². The third-order valence-corrected chi connectivity index (χ3v) is 6.08. The van der Waals surface area contributed by atoms with Crippen LogP contribution in [0.4, 0.5) is 5.69 Å². The van der Waals surface area contributed by atoms with Crippen molar-refractivity contribution in [3.05, 3.63) is 102 Å². The molecule has 4 aromatic rings. The zero-order valence-corrected chi connectivity index (χ0v) is 19.0. The summed E-state index contributed by atoms with van der Waals surface area (Å²) < 4.78 is 11.6. The van der Waals surface area contributed by atoms with Crippen LogP contribution in [0.5, 0.6) is 5.75 Å². The van der Waals surface area contributed by atoms with Gasteiger partial charge in [-0.15, -0.1) is 0 Å². The maximum atomic E-state index is 11.4. The predicted molar refractivity (Wildman–Crippen MR) is 132 cm³/mol. The summed E-state index contributed by atoms with van der Waals surface area (Å²) in [4.78, 5) is 18.0. The minimum Gasteiger partial charge on any atom is -0.497 e. The first-order valence-electron chi connectivity index (χ1n) is 10.6. The van der Waals surface area contributed by atoms with Crippen LogP contribution in [0.2, 0.25) is 0 Å². The number of aromatic carboxylic acids is 1. The van der Waals surface area contributed by atoms with Crippen molar-refractivity contribution in [1.29, 1.82) is 0 Å². The molecule has 1 aliphatic heterocycles. The molecule has 8 heteroatoms. The van der Waals surface area contributed by atoms with Crippen LogP contribution in [0.3, 0.4) is 0 Å². The molecule has 0 saturated carbocycles. The lowest BCUT2D eigenvalue weighted by Gasteiger charge is -2.26. The van der Waals surface area contributed by atoms with Gasteiger partial charge in [0.25, 0.3) is 0 Å². The van der Waals surface area contributed by atoms with Crippen LogP contribution in [0.15, 0.2) is 89.5 Å². The Bertz CT molecular complexity index is 1340. The molecule has 0 aliphatic carbocycles. The Morgan fingerprint density at radius 2 is 1.91 bits per heavy atom. The van der Waals surface area contributed by atoms with E-state index < -0.39 is 5.97 Å². The van der Waals surface area contributed by atoms with Gasteiger partial charge in [0.2, 0.25) is 0 Å². The average Bonchev–Trinajstić information content (AvgIpc) is 3.49. The van der Waals surface area contributed by atoms with E-state index in [1.54, 1.807) is 31.5 Å². The molecule has 2 atom stereocenters. The zero-order valence-electron chi connectivity index (χ0n) is 18.2. The second kappa shape index (κ2) is 8.99. The van der Waals surface area contributed by atoms with Gasteiger partial charge in [0.1, 0.15) is 23.3 Å². The summed E-state index contributed by atoms with van der Waals surface area (Å²) in [6, 6.07) is 23.3. The number of nitrogens with one attached hydrogen (secondary N) is 1. The number of nitrogens with zero attached hydrogens (tertiary/aromatic N) is 2. The molecule has 0 radical (unpaired) electrons. The van der Waals surface area contributed by atoms with Gasteiger partial charge in [-0.1, -0.05) is 18.2 Å². The number of ether oxygens (including phenoxy) is 1. The van der Waals surface area contributed by atoms with Crippen LogP contribution < -0.4 is 15.0 Å². The van der Waals surface area contributed by atoms with Gasteiger partial charge >= 0.3 is 5.97 Å². The molecule has 34 heavy (non-hydrogen) atoms. The maximum Gasteiger partial charge on any atom is 0.335 e. The Morgan fingerprint density at radius 3 is 2.62 bits per heavy atom. The number of hydrogen-bond acceptors (Lipinski definition) is 5. The molecular weight excluding hydrogens is 450 g/mol. The first kappa shape index (κ1) is 21.7. The number of hydrogen-bond donors (Lipinski definition) is 2. The van der Waals surface area contributed by atoms with Gasteiger partial charge in [-0.05, 0) is 72.9 Å². The second-order valence-electron chi connectivity index (χ2n) is 7.78. The number of carboxylic acid groups (broad SMARTS) is 1. The van der Waals surface area contributed by atoms with Crippen LogP contribution in [0, 0.1) is 0 Å². The van der Waals surface area contributed by atoms with Crippen molar-refractivity contribution in [3.8, 4) is 17.1 Å². The molecule has 2 aromatic heterocycles. The molecule has 1 fully saturated rings. The average molecular weight is 472 g/mol. The Morgan fingerprint density at radius 1 is 1.09 bits per heavy atom. The first-order chi connectivity index (χ1) is 16.5. The fraction of sp³-hybridized carbons (Fsp3) is 0.115. The Labute approximate surface area is 201 Å². The highest BCUT2D eigenvalue weighted by Gasteiger charge is 2.42. The summed E-state index contributed by atoms with van der Waals surface area (Å²) in [5.41, 5.74) is 2.60. The number of pyridine rings is 1. The van der Waals surface area contributed by atoms with Crippen molar-refractivity contribution in [2.24, 2.45) is 0 Å². The van der Waals surface area contributed by atoms with Crippen molar-refractivity contribution in [2.75, 3.05) is 12.0 Å². The quantitative estimate of drug-likeness (QED) is 0.370. The first-order valence-corrected chi connectivity index (χ1v) is 11.0. The Balaban J connectivity index is 1.58. The number of aromatic nitrogens is 1. The number of anilines is 1. The highest BCUT2D eigenvalue weighted by molar-refractivity contribution is 7.80. The number of benzene rings is 2. The van der Waals surface area contributed by atoms with Crippen LogP contribution in [-0.2, 0) is 0 Å². The lowest BCUT2D eigenvalue weighted by atomic mass is 10.0. The Hall–Kier alpha value is -4.17. The van der Waals surface area contributed by atoms with E-state index in [4.69, 9.17) is 21.4 Å². The van der Waals surface area contributed by atoms with Crippen molar-refractivity contribution >= 4 is 29.0 Å². The van der Waals surface area contributed by atoms with E-state index in [0.29, 0.717) is 22.2 Å². The van der Waals surface area contributed by atoms with Crippen molar-refractivity contribution in [2.45, 2.75) is 12.1 Å². The molecule has 0 unspecified atom stereocenters. The van der Waals surface area contributed by atoms with Gasteiger partial charge < -0.3 is 24.5 Å². The van der Waals surface area contributed by atoms with Crippen LogP contribution in [0.1, 0.15) is 33.9 Å². The summed E-state index contributed by atoms with van der Waals surface area (Å²) in [5, 5.41) is 13.3. The standard InChI is InChI=1S/C26H21N3O4S/c1-32-19-10-8-18(9-11-19)29-24(23(28-26(29)34)20-7-2-3-14-27-20)22-13-12-21(33-22)16-5-4-6-17(15-16)25(30)31/h2-15,23-24H,1H3,(H,28,34)(H,30,31)/t23-,24+/m1/s1. The second-order valence-corrected chi connectivity index (χ2v) is 8.17. The van der Waals surface area contributed by atoms with Gasteiger partial charge in [-0.2, -0.15) is 0 Å². The number of carbonyl (C=O) groups is 1. The fourth-order valence-corrected chi connectivity index (χ4v) is 4.48. The van der Waals surface area contributed by atoms with Crippen molar-refractivity contribution in [3.63, 3.8) is 0 Å². The normalized spacial score (nSPS) is 17.4. The molecule has 1 aliphatic rings. The predicted octanol–water partition coefficient (Wildman–Crippen LogP) is 5.23. The highest BCUT2D eigenvalue weighted by Crippen LogP contribution is 2.43. The highest BCUT2D eigenvalue weighted by atomic mass is 32.1. The lowest BCUT2D eigenvalue weighted by molar-refractivity contribution is 0.0697. The zero-order chi connectivity index (χ0) is 23.7. The number of methoxy groups -OCH3 is 1. The molecule has 1 saturated heterocycles.